The molecule has 1 amide bonds. The van der Waals surface area contributed by atoms with E-state index < -0.39 is 11.9 Å². The standard InChI is InChI=1S/C20H20N2O4/c1-13-16-6-4-5-7-17(16)26-19(13)20(24)25-12-18(23)21-14-8-10-15(11-9-14)22(2)3/h4-11H,12H2,1-3H3,(H,21,23). The molecular weight excluding hydrogens is 332 g/mol. The molecule has 0 aliphatic rings. The van der Waals surface area contributed by atoms with E-state index in [4.69, 9.17) is 9.15 Å². The van der Waals surface area contributed by atoms with Crippen LogP contribution in [0.5, 0.6) is 0 Å². The Bertz CT molecular complexity index is 942. The number of anilines is 2. The third-order valence-electron chi connectivity index (χ3n) is 4.03. The number of nitrogens with zero attached hydrogens (tertiary/aromatic N) is 1. The maximum Gasteiger partial charge on any atom is 0.375 e. The van der Waals surface area contributed by atoms with Crippen LogP contribution in [0.1, 0.15) is 16.1 Å². The van der Waals surface area contributed by atoms with Gasteiger partial charge in [0.1, 0.15) is 5.58 Å². The molecule has 0 unspecified atom stereocenters. The van der Waals surface area contributed by atoms with Gasteiger partial charge >= 0.3 is 5.97 Å². The first kappa shape index (κ1) is 17.5. The van der Waals surface area contributed by atoms with Crippen LogP contribution < -0.4 is 10.2 Å². The summed E-state index contributed by atoms with van der Waals surface area (Å²) in [6, 6.07) is 14.7. The summed E-state index contributed by atoms with van der Waals surface area (Å²) in [6.07, 6.45) is 0. The van der Waals surface area contributed by atoms with Gasteiger partial charge in [-0.2, -0.15) is 0 Å². The number of aryl methyl sites for hydroxylation is 1. The van der Waals surface area contributed by atoms with E-state index in [1.54, 1.807) is 25.1 Å². The second kappa shape index (κ2) is 7.31. The summed E-state index contributed by atoms with van der Waals surface area (Å²) in [4.78, 5) is 26.2. The Morgan fingerprint density at radius 1 is 1.08 bits per heavy atom. The molecule has 134 valence electrons. The van der Waals surface area contributed by atoms with Gasteiger partial charge < -0.3 is 19.4 Å². The molecule has 0 atom stereocenters. The summed E-state index contributed by atoms with van der Waals surface area (Å²) >= 11 is 0. The van der Waals surface area contributed by atoms with E-state index in [1.807, 2.05) is 49.3 Å². The Morgan fingerprint density at radius 2 is 1.77 bits per heavy atom. The number of hydrogen-bond donors (Lipinski definition) is 1. The number of fused-ring (bicyclic) bond motifs is 1. The van der Waals surface area contributed by atoms with Crippen LogP contribution in [0.15, 0.2) is 52.9 Å². The lowest BCUT2D eigenvalue weighted by molar-refractivity contribution is -0.119. The molecule has 3 rings (SSSR count). The number of ether oxygens (including phenoxy) is 1. The van der Waals surface area contributed by atoms with Gasteiger partial charge in [-0.15, -0.1) is 0 Å². The fourth-order valence-electron chi connectivity index (χ4n) is 2.61. The van der Waals surface area contributed by atoms with E-state index in [0.717, 1.165) is 11.1 Å². The van der Waals surface area contributed by atoms with Gasteiger partial charge in [0.2, 0.25) is 5.76 Å². The average molecular weight is 352 g/mol. The Kier molecular flexibility index (Phi) is 4.93. The van der Waals surface area contributed by atoms with Crippen LogP contribution in [0.4, 0.5) is 11.4 Å². The van der Waals surface area contributed by atoms with Gasteiger partial charge in [0.15, 0.2) is 6.61 Å². The number of carbonyl (C=O) groups excluding carboxylic acids is 2. The maximum atomic E-state index is 12.2. The van der Waals surface area contributed by atoms with Gasteiger partial charge in [-0.25, -0.2) is 4.79 Å². The molecular formula is C20H20N2O4. The Balaban J connectivity index is 1.60. The third-order valence-corrected chi connectivity index (χ3v) is 4.03. The van der Waals surface area contributed by atoms with Crippen molar-refractivity contribution in [3.8, 4) is 0 Å². The highest BCUT2D eigenvalue weighted by molar-refractivity contribution is 5.98. The van der Waals surface area contributed by atoms with Crippen molar-refractivity contribution in [3.63, 3.8) is 0 Å². The lowest BCUT2D eigenvalue weighted by atomic mass is 10.1. The normalized spacial score (nSPS) is 10.6. The summed E-state index contributed by atoms with van der Waals surface area (Å²) in [6.45, 7) is 1.40. The number of amides is 1. The maximum absolute atomic E-state index is 12.2. The first-order valence-corrected chi connectivity index (χ1v) is 8.18. The van der Waals surface area contributed by atoms with Gasteiger partial charge in [-0.1, -0.05) is 18.2 Å². The van der Waals surface area contributed by atoms with Crippen molar-refractivity contribution in [2.75, 3.05) is 30.9 Å². The highest BCUT2D eigenvalue weighted by Gasteiger charge is 2.19. The van der Waals surface area contributed by atoms with Crippen LogP contribution >= 0.6 is 0 Å². The number of furan rings is 1. The van der Waals surface area contributed by atoms with Crippen LogP contribution in [0.25, 0.3) is 11.0 Å². The number of esters is 1. The van der Waals surface area contributed by atoms with Crippen molar-refractivity contribution in [2.45, 2.75) is 6.92 Å². The zero-order valence-electron chi connectivity index (χ0n) is 14.9. The molecule has 0 saturated carbocycles. The molecule has 6 heteroatoms. The minimum atomic E-state index is -0.656. The molecule has 0 bridgehead atoms. The fraction of sp³-hybridized carbons (Fsp3) is 0.200. The van der Waals surface area contributed by atoms with Crippen molar-refractivity contribution < 1.29 is 18.7 Å². The van der Waals surface area contributed by atoms with Crippen molar-refractivity contribution >= 4 is 34.2 Å². The summed E-state index contributed by atoms with van der Waals surface area (Å²) in [7, 11) is 3.88. The predicted octanol–water partition coefficient (Wildman–Crippen LogP) is 3.60. The highest BCUT2D eigenvalue weighted by atomic mass is 16.5. The van der Waals surface area contributed by atoms with Crippen LogP contribution in [-0.4, -0.2) is 32.6 Å². The van der Waals surface area contributed by atoms with Crippen LogP contribution in [-0.2, 0) is 9.53 Å². The van der Waals surface area contributed by atoms with Crippen LogP contribution in [0.2, 0.25) is 0 Å². The first-order valence-electron chi connectivity index (χ1n) is 8.18. The van der Waals surface area contributed by atoms with E-state index in [-0.39, 0.29) is 12.4 Å². The highest BCUT2D eigenvalue weighted by Crippen LogP contribution is 2.25. The van der Waals surface area contributed by atoms with Crippen molar-refractivity contribution in [1.82, 2.24) is 0 Å². The lowest BCUT2D eigenvalue weighted by Crippen LogP contribution is -2.21. The molecule has 0 aliphatic heterocycles. The number of para-hydroxylation sites is 1. The van der Waals surface area contributed by atoms with Crippen molar-refractivity contribution in [2.24, 2.45) is 0 Å². The molecule has 2 aromatic carbocycles. The quantitative estimate of drug-likeness (QED) is 0.710. The minimum absolute atomic E-state index is 0.120. The Labute approximate surface area is 151 Å². The summed E-state index contributed by atoms with van der Waals surface area (Å²) in [5, 5.41) is 3.54. The average Bonchev–Trinajstić information content (AvgIpc) is 2.97. The molecule has 0 radical (unpaired) electrons. The molecule has 26 heavy (non-hydrogen) atoms. The molecule has 0 saturated heterocycles. The number of nitrogens with one attached hydrogen (secondary N) is 1. The predicted molar refractivity (Wildman–Crippen MR) is 101 cm³/mol. The molecule has 1 N–H and O–H groups in total. The molecule has 0 aliphatic carbocycles. The second-order valence-electron chi connectivity index (χ2n) is 6.12. The summed E-state index contributed by atoms with van der Waals surface area (Å²) in [5.74, 6) is -0.948. The number of carbonyl (C=O) groups is 2. The summed E-state index contributed by atoms with van der Waals surface area (Å²) < 4.78 is 10.6. The molecule has 1 aromatic heterocycles. The van der Waals surface area contributed by atoms with E-state index in [9.17, 15) is 9.59 Å². The van der Waals surface area contributed by atoms with Gasteiger partial charge in [0, 0.05) is 36.4 Å². The van der Waals surface area contributed by atoms with E-state index in [2.05, 4.69) is 5.32 Å². The van der Waals surface area contributed by atoms with E-state index in [1.165, 1.54) is 0 Å². The molecule has 6 nitrogen and oxygen atoms in total. The topological polar surface area (TPSA) is 71.8 Å². The lowest BCUT2D eigenvalue weighted by Gasteiger charge is -2.13. The zero-order chi connectivity index (χ0) is 18.7. The first-order chi connectivity index (χ1) is 12.5. The SMILES string of the molecule is Cc1c(C(=O)OCC(=O)Nc2ccc(N(C)C)cc2)oc2ccccc12. The van der Waals surface area contributed by atoms with Gasteiger partial charge in [-0.05, 0) is 37.3 Å². The Hall–Kier alpha value is -3.28. The minimum Gasteiger partial charge on any atom is -0.450 e. The molecule has 0 spiro atoms. The van der Waals surface area contributed by atoms with Gasteiger partial charge in [0.05, 0.1) is 0 Å². The van der Waals surface area contributed by atoms with Crippen molar-refractivity contribution in [3.05, 3.63) is 59.9 Å². The van der Waals surface area contributed by atoms with E-state index in [0.29, 0.717) is 16.8 Å². The molecule has 3 aromatic rings. The van der Waals surface area contributed by atoms with Crippen molar-refractivity contribution in [1.29, 1.82) is 0 Å². The third kappa shape index (κ3) is 3.69. The van der Waals surface area contributed by atoms with Crippen LogP contribution in [0, 0.1) is 6.92 Å². The number of hydrogen-bond acceptors (Lipinski definition) is 5. The van der Waals surface area contributed by atoms with Gasteiger partial charge in [0.25, 0.3) is 5.91 Å². The fourth-order valence-corrected chi connectivity index (χ4v) is 2.61. The number of benzene rings is 2. The summed E-state index contributed by atoms with van der Waals surface area (Å²) in [5.41, 5.74) is 2.97. The van der Waals surface area contributed by atoms with E-state index >= 15 is 0 Å². The Morgan fingerprint density at radius 3 is 2.42 bits per heavy atom. The largest absolute Gasteiger partial charge is 0.450 e. The van der Waals surface area contributed by atoms with Gasteiger partial charge in [-0.3, -0.25) is 4.79 Å². The second-order valence-corrected chi connectivity index (χ2v) is 6.12. The molecule has 1 heterocycles. The molecule has 0 fully saturated rings. The monoisotopic (exact) mass is 352 g/mol. The van der Waals surface area contributed by atoms with Crippen LogP contribution in [0.3, 0.4) is 0 Å². The number of rotatable bonds is 5. The zero-order valence-corrected chi connectivity index (χ0v) is 14.9. The smallest absolute Gasteiger partial charge is 0.375 e.